The van der Waals surface area contributed by atoms with Crippen LogP contribution in [0.3, 0.4) is 0 Å². The molecule has 0 aliphatic heterocycles. The van der Waals surface area contributed by atoms with Crippen LogP contribution in [-0.2, 0) is 11.2 Å². The molecule has 3 N–H and O–H groups in total. The van der Waals surface area contributed by atoms with Gasteiger partial charge in [-0.2, -0.15) is 0 Å². The molecule has 5 nitrogen and oxygen atoms in total. The fourth-order valence-electron chi connectivity index (χ4n) is 2.36. The largest absolute Gasteiger partial charge is 0.481 e. The Bertz CT molecular complexity index is 773. The summed E-state index contributed by atoms with van der Waals surface area (Å²) in [7, 11) is 0. The van der Waals surface area contributed by atoms with E-state index in [1.54, 1.807) is 31.2 Å². The Morgan fingerprint density at radius 1 is 1.42 bits per heavy atom. The fourth-order valence-corrected chi connectivity index (χ4v) is 3.70. The number of ether oxygens (including phenoxy) is 1. The molecule has 2 amide bonds. The summed E-state index contributed by atoms with van der Waals surface area (Å²) in [6.07, 6.45) is -0.0814. The molecule has 0 bridgehead atoms. The third kappa shape index (κ3) is 4.07. The van der Waals surface area contributed by atoms with Crippen LogP contribution in [0.4, 0.5) is 5.00 Å². The van der Waals surface area contributed by atoms with Gasteiger partial charge >= 0.3 is 0 Å². The third-order valence-corrected chi connectivity index (χ3v) is 4.82. The quantitative estimate of drug-likeness (QED) is 0.816. The Labute approximate surface area is 149 Å². The maximum atomic E-state index is 12.4. The Kier molecular flexibility index (Phi) is 5.85. The Morgan fingerprint density at radius 2 is 2.12 bits per heavy atom. The Balaban J connectivity index is 2.16. The van der Waals surface area contributed by atoms with Crippen LogP contribution in [-0.4, -0.2) is 17.9 Å². The molecule has 0 radical (unpaired) electrons. The average molecular weight is 367 g/mol. The van der Waals surface area contributed by atoms with Gasteiger partial charge in [-0.15, -0.1) is 11.3 Å². The molecule has 0 aliphatic rings. The van der Waals surface area contributed by atoms with Crippen LogP contribution >= 0.6 is 22.9 Å². The van der Waals surface area contributed by atoms with Crippen molar-refractivity contribution in [3.63, 3.8) is 0 Å². The zero-order chi connectivity index (χ0) is 17.9. The number of hydrogen-bond acceptors (Lipinski definition) is 4. The number of rotatable bonds is 6. The number of nitrogens with two attached hydrogens (primary N) is 1. The van der Waals surface area contributed by atoms with Crippen molar-refractivity contribution in [3.05, 3.63) is 45.3 Å². The molecule has 1 aromatic carbocycles. The van der Waals surface area contributed by atoms with E-state index >= 15 is 0 Å². The van der Waals surface area contributed by atoms with Crippen molar-refractivity contribution in [2.45, 2.75) is 33.3 Å². The number of thiophene rings is 1. The normalized spacial score (nSPS) is 11.8. The van der Waals surface area contributed by atoms with E-state index in [9.17, 15) is 9.59 Å². The number of carbonyl (C=O) groups is 2. The summed E-state index contributed by atoms with van der Waals surface area (Å²) >= 11 is 7.24. The minimum Gasteiger partial charge on any atom is -0.481 e. The van der Waals surface area contributed by atoms with Crippen molar-refractivity contribution in [1.29, 1.82) is 0 Å². The standard InChI is InChI=1S/C17H19ClN2O3S/c1-4-13-10(3)24-17(14(13)15(19)21)20-16(22)9(2)23-12-7-5-6-11(18)8-12/h5-9H,4H2,1-3H3,(H2,19,21)(H,20,22)/t9-/m1/s1. The van der Waals surface area contributed by atoms with Crippen LogP contribution in [0, 0.1) is 6.92 Å². The maximum Gasteiger partial charge on any atom is 0.265 e. The summed E-state index contributed by atoms with van der Waals surface area (Å²) in [6.45, 7) is 5.47. The molecular formula is C17H19ClN2O3S. The summed E-state index contributed by atoms with van der Waals surface area (Å²) in [5.41, 5.74) is 6.71. The van der Waals surface area contributed by atoms with Gasteiger partial charge < -0.3 is 15.8 Å². The smallest absolute Gasteiger partial charge is 0.265 e. The molecule has 0 saturated heterocycles. The fraction of sp³-hybridized carbons (Fsp3) is 0.294. The number of nitrogens with one attached hydrogen (secondary N) is 1. The maximum absolute atomic E-state index is 12.4. The second kappa shape index (κ2) is 7.68. The van der Waals surface area contributed by atoms with Gasteiger partial charge in [0.05, 0.1) is 5.56 Å². The van der Waals surface area contributed by atoms with Crippen LogP contribution in [0.2, 0.25) is 5.02 Å². The molecule has 128 valence electrons. The monoisotopic (exact) mass is 366 g/mol. The highest BCUT2D eigenvalue weighted by atomic mass is 35.5. The number of hydrogen-bond donors (Lipinski definition) is 2. The highest BCUT2D eigenvalue weighted by Crippen LogP contribution is 2.33. The van der Waals surface area contributed by atoms with Crippen molar-refractivity contribution in [2.24, 2.45) is 5.73 Å². The van der Waals surface area contributed by atoms with E-state index < -0.39 is 12.0 Å². The van der Waals surface area contributed by atoms with Crippen LogP contribution in [0.15, 0.2) is 24.3 Å². The number of anilines is 1. The molecule has 1 aromatic heterocycles. The van der Waals surface area contributed by atoms with E-state index in [1.165, 1.54) is 11.3 Å². The summed E-state index contributed by atoms with van der Waals surface area (Å²) in [4.78, 5) is 25.1. The zero-order valence-corrected chi connectivity index (χ0v) is 15.3. The predicted molar refractivity (Wildman–Crippen MR) is 97.1 cm³/mol. The van der Waals surface area contributed by atoms with Crippen molar-refractivity contribution >= 4 is 39.8 Å². The van der Waals surface area contributed by atoms with Crippen LogP contribution in [0.5, 0.6) is 5.75 Å². The number of primary amides is 1. The SMILES string of the molecule is CCc1c(C)sc(NC(=O)[C@@H](C)Oc2cccc(Cl)c2)c1C(N)=O. The summed E-state index contributed by atoms with van der Waals surface area (Å²) < 4.78 is 5.58. The molecule has 2 rings (SSSR count). The van der Waals surface area contributed by atoms with Crippen LogP contribution < -0.4 is 15.8 Å². The van der Waals surface area contributed by atoms with Crippen LogP contribution in [0.25, 0.3) is 0 Å². The van der Waals surface area contributed by atoms with E-state index in [2.05, 4.69) is 5.32 Å². The third-order valence-electron chi connectivity index (χ3n) is 3.52. The van der Waals surface area contributed by atoms with Gasteiger partial charge in [0.2, 0.25) is 0 Å². The lowest BCUT2D eigenvalue weighted by molar-refractivity contribution is -0.122. The van der Waals surface area contributed by atoms with Gasteiger partial charge in [0.15, 0.2) is 6.10 Å². The highest BCUT2D eigenvalue weighted by Gasteiger charge is 2.23. The minimum atomic E-state index is -0.753. The molecule has 0 saturated carbocycles. The van der Waals surface area contributed by atoms with Gasteiger partial charge in [0, 0.05) is 9.90 Å². The van der Waals surface area contributed by atoms with E-state index in [-0.39, 0.29) is 5.91 Å². The molecule has 2 aromatic rings. The summed E-state index contributed by atoms with van der Waals surface area (Å²) in [5, 5.41) is 3.73. The van der Waals surface area contributed by atoms with Crippen molar-refractivity contribution < 1.29 is 14.3 Å². The number of benzene rings is 1. The van der Waals surface area contributed by atoms with Crippen molar-refractivity contribution in [2.75, 3.05) is 5.32 Å². The number of aryl methyl sites for hydroxylation is 1. The average Bonchev–Trinajstić information content (AvgIpc) is 2.82. The summed E-state index contributed by atoms with van der Waals surface area (Å²) in [6, 6.07) is 6.81. The van der Waals surface area contributed by atoms with Gasteiger partial charge in [-0.05, 0) is 44.0 Å². The van der Waals surface area contributed by atoms with E-state index in [0.717, 1.165) is 10.4 Å². The minimum absolute atomic E-state index is 0.360. The second-order valence-corrected chi connectivity index (χ2v) is 6.93. The Morgan fingerprint density at radius 3 is 2.71 bits per heavy atom. The number of carbonyl (C=O) groups excluding carboxylic acids is 2. The molecular weight excluding hydrogens is 348 g/mol. The van der Waals surface area contributed by atoms with E-state index in [4.69, 9.17) is 22.1 Å². The predicted octanol–water partition coefficient (Wildman–Crippen LogP) is 3.78. The van der Waals surface area contributed by atoms with Gasteiger partial charge in [-0.25, -0.2) is 0 Å². The van der Waals surface area contributed by atoms with E-state index in [1.807, 2.05) is 13.8 Å². The highest BCUT2D eigenvalue weighted by molar-refractivity contribution is 7.16. The van der Waals surface area contributed by atoms with Gasteiger partial charge in [0.1, 0.15) is 10.8 Å². The first-order chi connectivity index (χ1) is 11.3. The molecule has 1 atom stereocenters. The van der Waals surface area contributed by atoms with Gasteiger partial charge in [-0.3, -0.25) is 9.59 Å². The topological polar surface area (TPSA) is 81.4 Å². The molecule has 0 spiro atoms. The van der Waals surface area contributed by atoms with E-state index in [0.29, 0.717) is 27.8 Å². The van der Waals surface area contributed by atoms with Crippen molar-refractivity contribution in [3.8, 4) is 5.75 Å². The first kappa shape index (κ1) is 18.3. The Hall–Kier alpha value is -2.05. The second-order valence-electron chi connectivity index (χ2n) is 5.27. The molecule has 24 heavy (non-hydrogen) atoms. The number of halogens is 1. The zero-order valence-electron chi connectivity index (χ0n) is 13.7. The molecule has 0 fully saturated rings. The lowest BCUT2D eigenvalue weighted by Crippen LogP contribution is -2.30. The van der Waals surface area contributed by atoms with Crippen molar-refractivity contribution in [1.82, 2.24) is 0 Å². The first-order valence-electron chi connectivity index (χ1n) is 7.48. The summed E-state index contributed by atoms with van der Waals surface area (Å²) in [5.74, 6) is -0.409. The number of amides is 2. The molecule has 7 heteroatoms. The first-order valence-corrected chi connectivity index (χ1v) is 8.68. The van der Waals surface area contributed by atoms with Crippen LogP contribution in [0.1, 0.15) is 34.6 Å². The lowest BCUT2D eigenvalue weighted by atomic mass is 10.1. The van der Waals surface area contributed by atoms with Gasteiger partial charge in [0.25, 0.3) is 11.8 Å². The molecule has 0 unspecified atom stereocenters. The van der Waals surface area contributed by atoms with Gasteiger partial charge in [-0.1, -0.05) is 24.6 Å². The molecule has 0 aliphatic carbocycles. The molecule has 1 heterocycles. The lowest BCUT2D eigenvalue weighted by Gasteiger charge is -2.14.